The van der Waals surface area contributed by atoms with Gasteiger partial charge < -0.3 is 4.98 Å². The highest BCUT2D eigenvalue weighted by molar-refractivity contribution is 5.80. The average Bonchev–Trinajstić information content (AvgIpc) is 3.18. The molecule has 1 N–H and O–H groups in total. The zero-order chi connectivity index (χ0) is 13.4. The molecule has 4 heterocycles. The summed E-state index contributed by atoms with van der Waals surface area (Å²) < 4.78 is 1.81. The molecule has 0 bridgehead atoms. The van der Waals surface area contributed by atoms with E-state index in [9.17, 15) is 0 Å². The van der Waals surface area contributed by atoms with E-state index in [1.54, 1.807) is 31.1 Å². The minimum atomic E-state index is 0.738. The first-order valence-electron chi connectivity index (χ1n) is 6.14. The zero-order valence-corrected chi connectivity index (χ0v) is 10.4. The van der Waals surface area contributed by atoms with E-state index in [0.29, 0.717) is 0 Å². The van der Waals surface area contributed by atoms with Crippen molar-refractivity contribution >= 4 is 11.0 Å². The highest BCUT2D eigenvalue weighted by Crippen LogP contribution is 2.20. The number of nitrogens with one attached hydrogen (secondary N) is 1. The van der Waals surface area contributed by atoms with Gasteiger partial charge in [0.05, 0.1) is 18.1 Å². The molecule has 0 saturated carbocycles. The van der Waals surface area contributed by atoms with Crippen LogP contribution in [0.5, 0.6) is 0 Å². The van der Waals surface area contributed by atoms with Crippen molar-refractivity contribution in [3.63, 3.8) is 0 Å². The minimum Gasteiger partial charge on any atom is -0.346 e. The van der Waals surface area contributed by atoms with E-state index in [-0.39, 0.29) is 0 Å². The highest BCUT2D eigenvalue weighted by atomic mass is 15.1. The van der Waals surface area contributed by atoms with E-state index in [1.165, 1.54) is 0 Å². The maximum Gasteiger partial charge on any atom is 0.156 e. The quantitative estimate of drug-likeness (QED) is 0.601. The first-order chi connectivity index (χ1) is 9.90. The van der Waals surface area contributed by atoms with Crippen LogP contribution in [0.1, 0.15) is 0 Å². The molecule has 0 aliphatic heterocycles. The van der Waals surface area contributed by atoms with Crippen molar-refractivity contribution in [2.75, 3.05) is 0 Å². The number of H-pyrrole nitrogens is 1. The Morgan fingerprint density at radius 2 is 2.05 bits per heavy atom. The number of aromatic nitrogens is 6. The SMILES string of the molecule is c1cn(-c2cnc(-c3cnc4[nH]ccc4c3)cn2)cn1. The van der Waals surface area contributed by atoms with Crippen molar-refractivity contribution in [2.45, 2.75) is 0 Å². The number of imidazole rings is 1. The van der Waals surface area contributed by atoms with Gasteiger partial charge in [0.2, 0.25) is 0 Å². The van der Waals surface area contributed by atoms with E-state index in [1.807, 2.05) is 29.1 Å². The molecule has 4 aromatic heterocycles. The number of rotatable bonds is 2. The summed E-state index contributed by atoms with van der Waals surface area (Å²) in [6, 6.07) is 4.03. The summed E-state index contributed by atoms with van der Waals surface area (Å²) in [4.78, 5) is 20.2. The number of hydrogen-bond acceptors (Lipinski definition) is 4. The Morgan fingerprint density at radius 1 is 1.05 bits per heavy atom. The fourth-order valence-electron chi connectivity index (χ4n) is 2.08. The Morgan fingerprint density at radius 3 is 2.85 bits per heavy atom. The summed E-state index contributed by atoms with van der Waals surface area (Å²) in [5, 5.41) is 1.06. The van der Waals surface area contributed by atoms with E-state index in [4.69, 9.17) is 0 Å². The maximum absolute atomic E-state index is 4.43. The third-order valence-corrected chi connectivity index (χ3v) is 3.10. The summed E-state index contributed by atoms with van der Waals surface area (Å²) in [6.07, 6.45) is 12.4. The van der Waals surface area contributed by atoms with E-state index in [0.717, 1.165) is 28.1 Å². The van der Waals surface area contributed by atoms with Crippen LogP contribution in [0.2, 0.25) is 0 Å². The van der Waals surface area contributed by atoms with Gasteiger partial charge in [-0.3, -0.25) is 9.55 Å². The third kappa shape index (κ3) is 1.74. The first-order valence-corrected chi connectivity index (χ1v) is 6.14. The Hall–Kier alpha value is -3.02. The molecular weight excluding hydrogens is 252 g/mol. The van der Waals surface area contributed by atoms with Crippen molar-refractivity contribution in [2.24, 2.45) is 0 Å². The fraction of sp³-hybridized carbons (Fsp3) is 0. The lowest BCUT2D eigenvalue weighted by atomic mass is 10.2. The summed E-state index contributed by atoms with van der Waals surface area (Å²) in [6.45, 7) is 0. The molecule has 6 nitrogen and oxygen atoms in total. The van der Waals surface area contributed by atoms with E-state index < -0.39 is 0 Å². The normalized spacial score (nSPS) is 11.0. The Bertz CT molecular complexity index is 845. The molecule has 0 spiro atoms. The van der Waals surface area contributed by atoms with Crippen molar-refractivity contribution in [3.05, 3.63) is 55.6 Å². The van der Waals surface area contributed by atoms with Crippen LogP contribution in [0.3, 0.4) is 0 Å². The molecule has 0 aromatic carbocycles. The monoisotopic (exact) mass is 262 g/mol. The smallest absolute Gasteiger partial charge is 0.156 e. The largest absolute Gasteiger partial charge is 0.346 e. The molecule has 0 unspecified atom stereocenters. The number of hydrogen-bond donors (Lipinski definition) is 1. The number of aromatic amines is 1. The second-order valence-electron chi connectivity index (χ2n) is 4.37. The Labute approximate surface area is 114 Å². The minimum absolute atomic E-state index is 0.738. The molecular formula is C14H10N6. The van der Waals surface area contributed by atoms with Gasteiger partial charge in [-0.05, 0) is 12.1 Å². The topological polar surface area (TPSA) is 72.3 Å². The number of nitrogens with zero attached hydrogens (tertiary/aromatic N) is 5. The van der Waals surface area contributed by atoms with Gasteiger partial charge in [-0.2, -0.15) is 0 Å². The van der Waals surface area contributed by atoms with Gasteiger partial charge in [-0.1, -0.05) is 0 Å². The van der Waals surface area contributed by atoms with E-state index in [2.05, 4.69) is 24.9 Å². The van der Waals surface area contributed by atoms with Gasteiger partial charge in [0.25, 0.3) is 0 Å². The van der Waals surface area contributed by atoms with Gasteiger partial charge in [0, 0.05) is 35.7 Å². The van der Waals surface area contributed by atoms with Crippen molar-refractivity contribution in [1.82, 2.24) is 29.5 Å². The zero-order valence-electron chi connectivity index (χ0n) is 10.4. The first kappa shape index (κ1) is 10.9. The second-order valence-corrected chi connectivity index (χ2v) is 4.37. The standard InChI is InChI=1S/C14H10N6/c1-2-16-14-10(1)5-11(6-19-14)12-7-18-13(8-17-12)20-4-3-15-9-20/h1-9H,(H,16,19). The van der Waals surface area contributed by atoms with Crippen LogP contribution in [-0.2, 0) is 0 Å². The Balaban J connectivity index is 1.74. The molecule has 0 aliphatic carbocycles. The predicted octanol–water partition coefficient (Wildman–Crippen LogP) is 2.21. The van der Waals surface area contributed by atoms with Gasteiger partial charge in [0.15, 0.2) is 5.82 Å². The van der Waals surface area contributed by atoms with Gasteiger partial charge in [0.1, 0.15) is 12.0 Å². The fourth-order valence-corrected chi connectivity index (χ4v) is 2.08. The molecule has 0 radical (unpaired) electrons. The van der Waals surface area contributed by atoms with Crippen LogP contribution in [0.15, 0.2) is 55.6 Å². The van der Waals surface area contributed by atoms with Crippen LogP contribution in [-0.4, -0.2) is 29.5 Å². The van der Waals surface area contributed by atoms with Gasteiger partial charge >= 0.3 is 0 Å². The summed E-state index contributed by atoms with van der Waals surface area (Å²) in [5.41, 5.74) is 2.61. The average molecular weight is 262 g/mol. The van der Waals surface area contributed by atoms with Crippen LogP contribution in [0, 0.1) is 0 Å². The Kier molecular flexibility index (Phi) is 2.32. The second kappa shape index (κ2) is 4.27. The lowest BCUT2D eigenvalue weighted by Gasteiger charge is -2.03. The predicted molar refractivity (Wildman–Crippen MR) is 74.2 cm³/mol. The molecule has 4 aromatic rings. The van der Waals surface area contributed by atoms with Gasteiger partial charge in [-0.25, -0.2) is 15.0 Å². The highest BCUT2D eigenvalue weighted by Gasteiger charge is 2.04. The molecule has 0 aliphatic rings. The summed E-state index contributed by atoms with van der Waals surface area (Å²) in [7, 11) is 0. The molecule has 0 amide bonds. The summed E-state index contributed by atoms with van der Waals surface area (Å²) >= 11 is 0. The van der Waals surface area contributed by atoms with Crippen LogP contribution < -0.4 is 0 Å². The molecule has 0 saturated heterocycles. The molecule has 0 fully saturated rings. The van der Waals surface area contributed by atoms with Crippen LogP contribution >= 0.6 is 0 Å². The molecule has 20 heavy (non-hydrogen) atoms. The molecule has 6 heteroatoms. The van der Waals surface area contributed by atoms with Crippen LogP contribution in [0.25, 0.3) is 28.1 Å². The van der Waals surface area contributed by atoms with Crippen molar-refractivity contribution < 1.29 is 0 Å². The molecule has 96 valence electrons. The number of pyridine rings is 1. The van der Waals surface area contributed by atoms with Crippen molar-refractivity contribution in [1.29, 1.82) is 0 Å². The van der Waals surface area contributed by atoms with Crippen molar-refractivity contribution in [3.8, 4) is 17.1 Å². The lowest BCUT2D eigenvalue weighted by Crippen LogP contribution is -1.96. The van der Waals surface area contributed by atoms with Crippen LogP contribution in [0.4, 0.5) is 0 Å². The van der Waals surface area contributed by atoms with Gasteiger partial charge in [-0.15, -0.1) is 0 Å². The third-order valence-electron chi connectivity index (χ3n) is 3.10. The van der Waals surface area contributed by atoms with E-state index >= 15 is 0 Å². The summed E-state index contributed by atoms with van der Waals surface area (Å²) in [5.74, 6) is 0.738. The molecule has 4 rings (SSSR count). The number of fused-ring (bicyclic) bond motifs is 1. The maximum atomic E-state index is 4.43. The lowest BCUT2D eigenvalue weighted by molar-refractivity contribution is 0.972. The molecule has 0 atom stereocenters.